The van der Waals surface area contributed by atoms with Crippen molar-refractivity contribution in [2.75, 3.05) is 11.9 Å². The minimum absolute atomic E-state index is 0.184. The number of halogens is 2. The van der Waals surface area contributed by atoms with Crippen LogP contribution >= 0.6 is 23.2 Å². The Labute approximate surface area is 149 Å². The van der Waals surface area contributed by atoms with Crippen molar-refractivity contribution in [1.29, 1.82) is 0 Å². The van der Waals surface area contributed by atoms with Gasteiger partial charge in [-0.05, 0) is 36.8 Å². The van der Waals surface area contributed by atoms with Crippen LogP contribution in [0.2, 0.25) is 10.0 Å². The van der Waals surface area contributed by atoms with Crippen molar-refractivity contribution in [1.82, 2.24) is 0 Å². The van der Waals surface area contributed by atoms with E-state index in [9.17, 15) is 9.59 Å². The van der Waals surface area contributed by atoms with Gasteiger partial charge in [-0.2, -0.15) is 0 Å². The molecule has 3 rings (SSSR count). The van der Waals surface area contributed by atoms with E-state index >= 15 is 0 Å². The van der Waals surface area contributed by atoms with Gasteiger partial charge in [0.05, 0.1) is 6.61 Å². The Morgan fingerprint density at radius 2 is 1.79 bits per heavy atom. The van der Waals surface area contributed by atoms with E-state index in [1.54, 1.807) is 49.4 Å². The number of nitrogens with one attached hydrogen (secondary N) is 1. The highest BCUT2D eigenvalue weighted by Crippen LogP contribution is 2.42. The predicted octanol–water partition coefficient (Wildman–Crippen LogP) is 3.99. The molecule has 124 valence electrons. The highest BCUT2D eigenvalue weighted by Gasteiger charge is 2.54. The van der Waals surface area contributed by atoms with Crippen molar-refractivity contribution in [3.63, 3.8) is 0 Å². The molecule has 1 atom stereocenters. The highest BCUT2D eigenvalue weighted by atomic mass is 35.5. The lowest BCUT2D eigenvalue weighted by atomic mass is 9.76. The number of ether oxygens (including phenoxy) is 1. The van der Waals surface area contributed by atoms with Crippen LogP contribution in [0.4, 0.5) is 5.69 Å². The van der Waals surface area contributed by atoms with E-state index < -0.39 is 17.3 Å². The number of benzene rings is 2. The second-order valence-corrected chi connectivity index (χ2v) is 6.45. The molecule has 1 aliphatic heterocycles. The number of carbonyl (C=O) groups is 2. The molecular weight excluding hydrogens is 349 g/mol. The zero-order chi connectivity index (χ0) is 17.3. The zero-order valence-electron chi connectivity index (χ0n) is 12.9. The summed E-state index contributed by atoms with van der Waals surface area (Å²) in [7, 11) is 0. The largest absolute Gasteiger partial charge is 0.465 e. The van der Waals surface area contributed by atoms with E-state index in [-0.39, 0.29) is 13.0 Å². The standard InChI is InChI=1S/C18H15Cl2NO3/c1-2-24-17(23)18(10-11-3-5-12(19)6-4-11)14-8-7-13(20)9-15(14)21-16(18)22/h3-9H,2,10H2,1H3,(H,21,22). The molecule has 0 bridgehead atoms. The van der Waals surface area contributed by atoms with Crippen LogP contribution in [0.5, 0.6) is 0 Å². The summed E-state index contributed by atoms with van der Waals surface area (Å²) in [5, 5.41) is 3.83. The van der Waals surface area contributed by atoms with Crippen LogP contribution in [0.15, 0.2) is 42.5 Å². The number of rotatable bonds is 4. The van der Waals surface area contributed by atoms with Gasteiger partial charge in [-0.25, -0.2) is 0 Å². The second kappa shape index (κ2) is 6.46. The van der Waals surface area contributed by atoms with Crippen LogP contribution in [0, 0.1) is 0 Å². The van der Waals surface area contributed by atoms with Gasteiger partial charge in [-0.1, -0.05) is 41.4 Å². The van der Waals surface area contributed by atoms with Crippen molar-refractivity contribution in [2.45, 2.75) is 18.8 Å². The van der Waals surface area contributed by atoms with Crippen LogP contribution in [-0.4, -0.2) is 18.5 Å². The van der Waals surface area contributed by atoms with Gasteiger partial charge in [0.1, 0.15) is 0 Å². The molecule has 2 aromatic rings. The monoisotopic (exact) mass is 363 g/mol. The number of hydrogen-bond donors (Lipinski definition) is 1. The first-order valence-corrected chi connectivity index (χ1v) is 8.26. The summed E-state index contributed by atoms with van der Waals surface area (Å²) in [6, 6.07) is 12.0. The topological polar surface area (TPSA) is 55.4 Å². The predicted molar refractivity (Wildman–Crippen MR) is 93.5 cm³/mol. The van der Waals surface area contributed by atoms with Crippen LogP contribution < -0.4 is 5.32 Å². The van der Waals surface area contributed by atoms with Gasteiger partial charge in [-0.15, -0.1) is 0 Å². The third-order valence-electron chi connectivity index (χ3n) is 4.08. The summed E-state index contributed by atoms with van der Waals surface area (Å²) in [5.41, 5.74) is 0.495. The Bertz CT molecular complexity index is 804. The van der Waals surface area contributed by atoms with Crippen molar-refractivity contribution in [3.8, 4) is 0 Å². The van der Waals surface area contributed by atoms with E-state index in [0.29, 0.717) is 21.3 Å². The minimum atomic E-state index is -1.43. The summed E-state index contributed by atoms with van der Waals surface area (Å²) in [6.07, 6.45) is 0.184. The second-order valence-electron chi connectivity index (χ2n) is 5.57. The molecule has 0 aliphatic carbocycles. The Hall–Kier alpha value is -2.04. The van der Waals surface area contributed by atoms with E-state index in [1.807, 2.05) is 0 Å². The Morgan fingerprint density at radius 3 is 2.46 bits per heavy atom. The molecule has 24 heavy (non-hydrogen) atoms. The number of esters is 1. The molecule has 0 spiro atoms. The normalized spacial score (nSPS) is 18.9. The lowest BCUT2D eigenvalue weighted by molar-refractivity contribution is -0.153. The Balaban J connectivity index is 2.12. The molecule has 4 nitrogen and oxygen atoms in total. The van der Waals surface area contributed by atoms with E-state index in [0.717, 1.165) is 5.56 Å². The Morgan fingerprint density at radius 1 is 1.12 bits per heavy atom. The average molecular weight is 364 g/mol. The number of anilines is 1. The molecular formula is C18H15Cl2NO3. The van der Waals surface area contributed by atoms with Gasteiger partial charge in [0.25, 0.3) is 0 Å². The minimum Gasteiger partial charge on any atom is -0.465 e. The number of hydrogen-bond acceptors (Lipinski definition) is 3. The van der Waals surface area contributed by atoms with Crippen molar-refractivity contribution >= 4 is 40.8 Å². The first-order chi connectivity index (χ1) is 11.5. The van der Waals surface area contributed by atoms with Crippen LogP contribution in [0.25, 0.3) is 0 Å². The molecule has 0 aromatic heterocycles. The van der Waals surface area contributed by atoms with Gasteiger partial charge in [0.2, 0.25) is 5.91 Å². The molecule has 6 heteroatoms. The van der Waals surface area contributed by atoms with Gasteiger partial charge >= 0.3 is 5.97 Å². The fourth-order valence-electron chi connectivity index (χ4n) is 2.96. The third kappa shape index (κ3) is 2.76. The molecule has 0 saturated carbocycles. The van der Waals surface area contributed by atoms with Gasteiger partial charge < -0.3 is 10.1 Å². The lowest BCUT2D eigenvalue weighted by Gasteiger charge is -2.25. The molecule has 1 aliphatic rings. The summed E-state index contributed by atoms with van der Waals surface area (Å²) in [4.78, 5) is 25.5. The molecule has 0 saturated heterocycles. The molecule has 0 fully saturated rings. The molecule has 0 radical (unpaired) electrons. The summed E-state index contributed by atoms with van der Waals surface area (Å²) in [6.45, 7) is 1.90. The maximum atomic E-state index is 12.8. The summed E-state index contributed by atoms with van der Waals surface area (Å²) in [5.74, 6) is -0.980. The fourth-order valence-corrected chi connectivity index (χ4v) is 3.25. The highest BCUT2D eigenvalue weighted by molar-refractivity contribution is 6.31. The van der Waals surface area contributed by atoms with Gasteiger partial charge in [0, 0.05) is 27.7 Å². The summed E-state index contributed by atoms with van der Waals surface area (Å²) >= 11 is 11.9. The SMILES string of the molecule is CCOC(=O)C1(Cc2ccc(Cl)cc2)C(=O)Nc2cc(Cl)ccc21. The van der Waals surface area contributed by atoms with Crippen molar-refractivity contribution in [3.05, 3.63) is 63.6 Å². The van der Waals surface area contributed by atoms with Gasteiger partial charge in [-0.3, -0.25) is 9.59 Å². The van der Waals surface area contributed by atoms with E-state index in [2.05, 4.69) is 5.32 Å². The average Bonchev–Trinajstić information content (AvgIpc) is 2.82. The van der Waals surface area contributed by atoms with E-state index in [1.165, 1.54) is 0 Å². The number of fused-ring (bicyclic) bond motifs is 1. The van der Waals surface area contributed by atoms with Crippen LogP contribution in [0.3, 0.4) is 0 Å². The molecule has 2 aromatic carbocycles. The van der Waals surface area contributed by atoms with Gasteiger partial charge in [0.15, 0.2) is 5.41 Å². The molecule has 1 unspecified atom stereocenters. The smallest absolute Gasteiger partial charge is 0.326 e. The first-order valence-electron chi connectivity index (χ1n) is 7.50. The number of amides is 1. The first kappa shape index (κ1) is 16.8. The molecule has 1 N–H and O–H groups in total. The molecule has 1 amide bonds. The zero-order valence-corrected chi connectivity index (χ0v) is 14.4. The lowest BCUT2D eigenvalue weighted by Crippen LogP contribution is -2.45. The van der Waals surface area contributed by atoms with E-state index in [4.69, 9.17) is 27.9 Å². The van der Waals surface area contributed by atoms with Crippen LogP contribution in [0.1, 0.15) is 18.1 Å². The van der Waals surface area contributed by atoms with Crippen LogP contribution in [-0.2, 0) is 26.2 Å². The third-order valence-corrected chi connectivity index (χ3v) is 4.57. The summed E-state index contributed by atoms with van der Waals surface area (Å²) < 4.78 is 5.22. The maximum absolute atomic E-state index is 12.8. The molecule has 1 heterocycles. The van der Waals surface area contributed by atoms with Crippen molar-refractivity contribution in [2.24, 2.45) is 0 Å². The number of carbonyl (C=O) groups excluding carboxylic acids is 2. The fraction of sp³-hybridized carbons (Fsp3) is 0.222. The van der Waals surface area contributed by atoms with Crippen molar-refractivity contribution < 1.29 is 14.3 Å². The quantitative estimate of drug-likeness (QED) is 0.659. The maximum Gasteiger partial charge on any atom is 0.326 e. The Kier molecular flexibility index (Phi) is 4.52.